The number of rotatable bonds is 2. The zero-order chi connectivity index (χ0) is 7.23. The molecule has 0 atom stereocenters. The first-order chi connectivity index (χ1) is 4.93. The van der Waals surface area contributed by atoms with Crippen molar-refractivity contribution in [2.75, 3.05) is 0 Å². The second-order valence-corrected chi connectivity index (χ2v) is 1.62. The Morgan fingerprint density at radius 1 is 1.10 bits per heavy atom. The van der Waals surface area contributed by atoms with Crippen LogP contribution < -0.4 is 0 Å². The number of nitrogens with one attached hydrogen (secondary N) is 1. The van der Waals surface area contributed by atoms with E-state index in [9.17, 15) is 0 Å². The van der Waals surface area contributed by atoms with Crippen molar-refractivity contribution in [2.45, 2.75) is 0 Å². The molecule has 1 N–H and O–H groups in total. The van der Waals surface area contributed by atoms with Gasteiger partial charge in [0.05, 0.1) is 5.69 Å². The van der Waals surface area contributed by atoms with Crippen molar-refractivity contribution in [2.24, 2.45) is 15.6 Å². The smallest absolute Gasteiger partial charge is 0.0875 e. The van der Waals surface area contributed by atoms with E-state index < -0.39 is 0 Å². The minimum atomic E-state index is 0.707. The molecule has 0 bridgehead atoms. The van der Waals surface area contributed by atoms with Crippen LogP contribution in [-0.4, -0.2) is 0 Å². The molecule has 0 fully saturated rings. The summed E-state index contributed by atoms with van der Waals surface area (Å²) in [6.45, 7) is 0. The quantitative estimate of drug-likeness (QED) is 0.477. The van der Waals surface area contributed by atoms with Gasteiger partial charge in [-0.25, -0.2) is 0 Å². The van der Waals surface area contributed by atoms with Crippen LogP contribution in [0.5, 0.6) is 0 Å². The van der Waals surface area contributed by atoms with E-state index in [1.165, 1.54) is 0 Å². The lowest BCUT2D eigenvalue weighted by molar-refractivity contribution is 0.909. The van der Waals surface area contributed by atoms with E-state index in [0.717, 1.165) is 0 Å². The highest BCUT2D eigenvalue weighted by Crippen LogP contribution is 2.09. The molecule has 10 heavy (non-hydrogen) atoms. The lowest BCUT2D eigenvalue weighted by atomic mass is 10.3. The first-order valence-electron chi connectivity index (χ1n) is 2.76. The average Bonchev–Trinajstić information content (AvgIpc) is 2.03. The molecule has 0 amide bonds. The summed E-state index contributed by atoms with van der Waals surface area (Å²) in [7, 11) is 0. The van der Waals surface area contributed by atoms with Gasteiger partial charge in [0, 0.05) is 0 Å². The SMILES string of the molecule is N=NN=Nc1ccccc1. The van der Waals surface area contributed by atoms with Crippen LogP contribution in [0.25, 0.3) is 0 Å². The van der Waals surface area contributed by atoms with Crippen LogP contribution in [0, 0.1) is 5.53 Å². The molecule has 0 radical (unpaired) electrons. The maximum Gasteiger partial charge on any atom is 0.0875 e. The van der Waals surface area contributed by atoms with E-state index in [2.05, 4.69) is 15.6 Å². The van der Waals surface area contributed by atoms with Gasteiger partial charge in [0.2, 0.25) is 0 Å². The predicted octanol–water partition coefficient (Wildman–Crippen LogP) is 2.72. The molecule has 4 nitrogen and oxygen atoms in total. The van der Waals surface area contributed by atoms with E-state index >= 15 is 0 Å². The number of hydrogen-bond acceptors (Lipinski definition) is 2. The Balaban J connectivity index is 2.76. The van der Waals surface area contributed by atoms with Crippen LogP contribution >= 0.6 is 0 Å². The molecule has 4 heteroatoms. The molecule has 1 aromatic rings. The van der Waals surface area contributed by atoms with Crippen LogP contribution in [0.15, 0.2) is 45.9 Å². The van der Waals surface area contributed by atoms with Gasteiger partial charge in [-0.1, -0.05) is 18.2 Å². The summed E-state index contributed by atoms with van der Waals surface area (Å²) in [5.74, 6) is 0. The molecule has 0 heterocycles. The lowest BCUT2D eigenvalue weighted by Crippen LogP contribution is -1.58. The predicted molar refractivity (Wildman–Crippen MR) is 36.1 cm³/mol. The van der Waals surface area contributed by atoms with Crippen molar-refractivity contribution in [3.63, 3.8) is 0 Å². The molecule has 0 unspecified atom stereocenters. The summed E-state index contributed by atoms with van der Waals surface area (Å²) in [5, 5.41) is 9.49. The Kier molecular flexibility index (Phi) is 2.25. The highest BCUT2D eigenvalue weighted by Gasteiger charge is 1.81. The maximum atomic E-state index is 6.32. The highest BCUT2D eigenvalue weighted by atomic mass is 15.4. The third-order valence-corrected chi connectivity index (χ3v) is 0.961. The second kappa shape index (κ2) is 3.45. The van der Waals surface area contributed by atoms with Gasteiger partial charge >= 0.3 is 0 Å². The molecule has 0 saturated heterocycles. The maximum absolute atomic E-state index is 6.32. The van der Waals surface area contributed by atoms with Gasteiger partial charge in [0.25, 0.3) is 0 Å². The molecule has 0 aromatic heterocycles. The van der Waals surface area contributed by atoms with E-state index in [4.69, 9.17) is 5.53 Å². The molecular formula is C6H6N4. The molecule has 0 aliphatic heterocycles. The summed E-state index contributed by atoms with van der Waals surface area (Å²) in [6.07, 6.45) is 0. The summed E-state index contributed by atoms with van der Waals surface area (Å²) in [5.41, 5.74) is 7.02. The fourth-order valence-electron chi connectivity index (χ4n) is 0.569. The van der Waals surface area contributed by atoms with E-state index in [0.29, 0.717) is 5.69 Å². The topological polar surface area (TPSA) is 60.9 Å². The molecule has 50 valence electrons. The van der Waals surface area contributed by atoms with Crippen molar-refractivity contribution >= 4 is 5.69 Å². The first-order valence-corrected chi connectivity index (χ1v) is 2.76. The average molecular weight is 134 g/mol. The minimum Gasteiger partial charge on any atom is -0.183 e. The molecule has 0 saturated carbocycles. The second-order valence-electron chi connectivity index (χ2n) is 1.62. The number of nitrogens with zero attached hydrogens (tertiary/aromatic N) is 3. The van der Waals surface area contributed by atoms with Gasteiger partial charge < -0.3 is 0 Å². The largest absolute Gasteiger partial charge is 0.183 e. The number of hydrogen-bond donors (Lipinski definition) is 1. The Hall–Kier alpha value is -1.58. The van der Waals surface area contributed by atoms with Gasteiger partial charge in [-0.3, -0.25) is 0 Å². The van der Waals surface area contributed by atoms with E-state index in [1.54, 1.807) is 12.1 Å². The Bertz CT molecular complexity index is 229. The van der Waals surface area contributed by atoms with Gasteiger partial charge in [0.1, 0.15) is 0 Å². The van der Waals surface area contributed by atoms with Crippen molar-refractivity contribution < 1.29 is 0 Å². The molecular weight excluding hydrogens is 128 g/mol. The third-order valence-electron chi connectivity index (χ3n) is 0.961. The first kappa shape index (κ1) is 6.54. The van der Waals surface area contributed by atoms with Crippen LogP contribution in [0.4, 0.5) is 5.69 Å². The van der Waals surface area contributed by atoms with Crippen molar-refractivity contribution in [3.8, 4) is 0 Å². The lowest BCUT2D eigenvalue weighted by Gasteiger charge is -1.84. The highest BCUT2D eigenvalue weighted by molar-refractivity contribution is 5.34. The fraction of sp³-hybridized carbons (Fsp3) is 0. The van der Waals surface area contributed by atoms with Crippen molar-refractivity contribution in [3.05, 3.63) is 30.3 Å². The van der Waals surface area contributed by atoms with Gasteiger partial charge in [0.15, 0.2) is 0 Å². The minimum absolute atomic E-state index is 0.707. The van der Waals surface area contributed by atoms with Crippen LogP contribution in [0.1, 0.15) is 0 Å². The molecule has 1 rings (SSSR count). The Morgan fingerprint density at radius 3 is 2.40 bits per heavy atom. The summed E-state index contributed by atoms with van der Waals surface area (Å²) >= 11 is 0. The van der Waals surface area contributed by atoms with Crippen LogP contribution in [0.2, 0.25) is 0 Å². The normalized spacial score (nSPS) is 10.0. The van der Waals surface area contributed by atoms with Gasteiger partial charge in [-0.2, -0.15) is 5.53 Å². The molecule has 1 aromatic carbocycles. The summed E-state index contributed by atoms with van der Waals surface area (Å²) < 4.78 is 0. The summed E-state index contributed by atoms with van der Waals surface area (Å²) in [4.78, 5) is 0. The van der Waals surface area contributed by atoms with Crippen molar-refractivity contribution in [1.82, 2.24) is 0 Å². The van der Waals surface area contributed by atoms with E-state index in [-0.39, 0.29) is 0 Å². The zero-order valence-corrected chi connectivity index (χ0v) is 5.23. The van der Waals surface area contributed by atoms with Gasteiger partial charge in [-0.15, -0.1) is 5.11 Å². The van der Waals surface area contributed by atoms with Crippen LogP contribution in [-0.2, 0) is 0 Å². The Labute approximate surface area is 58.1 Å². The van der Waals surface area contributed by atoms with Crippen molar-refractivity contribution in [1.29, 1.82) is 5.53 Å². The van der Waals surface area contributed by atoms with Crippen LogP contribution in [0.3, 0.4) is 0 Å². The third kappa shape index (κ3) is 1.74. The zero-order valence-electron chi connectivity index (χ0n) is 5.23. The Morgan fingerprint density at radius 2 is 1.80 bits per heavy atom. The van der Waals surface area contributed by atoms with Gasteiger partial charge in [-0.05, 0) is 22.6 Å². The molecule has 0 aliphatic rings. The van der Waals surface area contributed by atoms with E-state index in [1.807, 2.05) is 18.2 Å². The monoisotopic (exact) mass is 134 g/mol. The molecule has 0 spiro atoms. The fourth-order valence-corrected chi connectivity index (χ4v) is 0.569. The summed E-state index contributed by atoms with van der Waals surface area (Å²) in [6, 6.07) is 9.15. The standard InChI is InChI=1S/C6H6N4/c7-9-10-8-6-4-2-1-3-5-6/h1-5,7H. The number of benzene rings is 1. The molecule has 0 aliphatic carbocycles.